The molecule has 2 fully saturated rings. The first kappa shape index (κ1) is 14.8. The zero-order valence-corrected chi connectivity index (χ0v) is 13.6. The van der Waals surface area contributed by atoms with Gasteiger partial charge in [0, 0.05) is 24.8 Å². The lowest BCUT2D eigenvalue weighted by Gasteiger charge is -2.31. The Morgan fingerprint density at radius 2 is 2.00 bits per heavy atom. The third-order valence-corrected chi connectivity index (χ3v) is 5.12. The van der Waals surface area contributed by atoms with E-state index in [0.29, 0.717) is 0 Å². The molecule has 2 heterocycles. The monoisotopic (exact) mass is 287 g/mol. The van der Waals surface area contributed by atoms with Gasteiger partial charge in [-0.25, -0.2) is 4.98 Å². The molecule has 1 aromatic rings. The van der Waals surface area contributed by atoms with Crippen molar-refractivity contribution in [1.29, 1.82) is 0 Å². The molecule has 2 aliphatic rings. The van der Waals surface area contributed by atoms with E-state index in [1.54, 1.807) is 0 Å². The third-order valence-electron chi connectivity index (χ3n) is 5.12. The maximum absolute atomic E-state index is 4.84. The van der Waals surface area contributed by atoms with E-state index in [9.17, 15) is 0 Å². The number of hydrogen-bond donors (Lipinski definition) is 1. The van der Waals surface area contributed by atoms with Gasteiger partial charge in [-0.15, -0.1) is 0 Å². The summed E-state index contributed by atoms with van der Waals surface area (Å²) in [7, 11) is 0. The van der Waals surface area contributed by atoms with Crippen molar-refractivity contribution in [2.45, 2.75) is 65.0 Å². The summed E-state index contributed by atoms with van der Waals surface area (Å²) in [6, 6.07) is 5.27. The standard InChI is InChI=1S/C18H29N3/c1-3-19-13-15-11-14(2)20-18(12-15)21-10-6-9-17(21)16-7-4-5-8-16/h11-12,16-17,19H,3-10,13H2,1-2H3. The van der Waals surface area contributed by atoms with Gasteiger partial charge in [-0.05, 0) is 62.8 Å². The van der Waals surface area contributed by atoms with Crippen LogP contribution in [0, 0.1) is 12.8 Å². The van der Waals surface area contributed by atoms with E-state index in [0.717, 1.165) is 30.7 Å². The molecule has 21 heavy (non-hydrogen) atoms. The Balaban J connectivity index is 1.79. The van der Waals surface area contributed by atoms with Crippen LogP contribution in [-0.4, -0.2) is 24.1 Å². The van der Waals surface area contributed by atoms with Crippen molar-refractivity contribution >= 4 is 5.82 Å². The lowest BCUT2D eigenvalue weighted by Crippen LogP contribution is -2.35. The minimum absolute atomic E-state index is 0.744. The second-order valence-electron chi connectivity index (χ2n) is 6.70. The molecular weight excluding hydrogens is 258 g/mol. The summed E-state index contributed by atoms with van der Waals surface area (Å²) < 4.78 is 0. The Bertz CT molecular complexity index is 466. The normalized spacial score (nSPS) is 23.1. The highest BCUT2D eigenvalue weighted by Gasteiger charge is 2.34. The van der Waals surface area contributed by atoms with Crippen molar-refractivity contribution < 1.29 is 0 Å². The Labute approximate surface area is 129 Å². The quantitative estimate of drug-likeness (QED) is 0.896. The molecule has 1 aliphatic heterocycles. The van der Waals surface area contributed by atoms with Crippen LogP contribution in [0.5, 0.6) is 0 Å². The van der Waals surface area contributed by atoms with E-state index < -0.39 is 0 Å². The van der Waals surface area contributed by atoms with Gasteiger partial charge >= 0.3 is 0 Å². The summed E-state index contributed by atoms with van der Waals surface area (Å²) in [6.07, 6.45) is 8.42. The molecule has 1 N–H and O–H groups in total. The van der Waals surface area contributed by atoms with Gasteiger partial charge in [-0.3, -0.25) is 0 Å². The van der Waals surface area contributed by atoms with Crippen molar-refractivity contribution in [2.75, 3.05) is 18.0 Å². The number of nitrogens with one attached hydrogen (secondary N) is 1. The van der Waals surface area contributed by atoms with Crippen molar-refractivity contribution in [2.24, 2.45) is 5.92 Å². The van der Waals surface area contributed by atoms with Gasteiger partial charge in [0.2, 0.25) is 0 Å². The number of anilines is 1. The fourth-order valence-electron chi connectivity index (χ4n) is 4.15. The van der Waals surface area contributed by atoms with Gasteiger partial charge < -0.3 is 10.2 Å². The van der Waals surface area contributed by atoms with E-state index in [1.807, 2.05) is 0 Å². The Hall–Kier alpha value is -1.09. The molecule has 1 atom stereocenters. The van der Waals surface area contributed by atoms with Crippen LogP contribution >= 0.6 is 0 Å². The van der Waals surface area contributed by atoms with Gasteiger partial charge in [-0.2, -0.15) is 0 Å². The lowest BCUT2D eigenvalue weighted by atomic mass is 9.96. The van der Waals surface area contributed by atoms with Crippen LogP contribution in [0.4, 0.5) is 5.82 Å². The number of aromatic nitrogens is 1. The summed E-state index contributed by atoms with van der Waals surface area (Å²) in [5.74, 6) is 2.13. The minimum atomic E-state index is 0.744. The summed E-state index contributed by atoms with van der Waals surface area (Å²) >= 11 is 0. The molecule has 1 saturated carbocycles. The van der Waals surface area contributed by atoms with Crippen LogP contribution in [-0.2, 0) is 6.54 Å². The fraction of sp³-hybridized carbons (Fsp3) is 0.722. The summed E-state index contributed by atoms with van der Waals surface area (Å²) in [4.78, 5) is 7.45. The van der Waals surface area contributed by atoms with Crippen LogP contribution in [0.25, 0.3) is 0 Å². The number of aryl methyl sites for hydroxylation is 1. The SMILES string of the molecule is CCNCc1cc(C)nc(N2CCCC2C2CCCC2)c1. The molecule has 3 rings (SSSR count). The van der Waals surface area contributed by atoms with E-state index >= 15 is 0 Å². The average molecular weight is 287 g/mol. The molecule has 0 radical (unpaired) electrons. The summed E-state index contributed by atoms with van der Waals surface area (Å²) in [5.41, 5.74) is 2.52. The first-order valence-corrected chi connectivity index (χ1v) is 8.73. The molecule has 0 spiro atoms. The van der Waals surface area contributed by atoms with Crippen LogP contribution in [0.2, 0.25) is 0 Å². The van der Waals surface area contributed by atoms with Crippen LogP contribution in [0.3, 0.4) is 0 Å². The molecular formula is C18H29N3. The molecule has 0 amide bonds. The minimum Gasteiger partial charge on any atom is -0.353 e. The Morgan fingerprint density at radius 3 is 2.76 bits per heavy atom. The van der Waals surface area contributed by atoms with Gasteiger partial charge in [0.05, 0.1) is 0 Å². The smallest absolute Gasteiger partial charge is 0.129 e. The number of nitrogens with zero attached hydrogens (tertiary/aromatic N) is 2. The highest BCUT2D eigenvalue weighted by atomic mass is 15.2. The van der Waals surface area contributed by atoms with Crippen molar-refractivity contribution in [1.82, 2.24) is 10.3 Å². The lowest BCUT2D eigenvalue weighted by molar-refractivity contribution is 0.429. The highest BCUT2D eigenvalue weighted by Crippen LogP contribution is 2.37. The molecule has 0 bridgehead atoms. The van der Waals surface area contributed by atoms with Crippen molar-refractivity contribution in [3.63, 3.8) is 0 Å². The second kappa shape index (κ2) is 6.78. The van der Waals surface area contributed by atoms with E-state index in [1.165, 1.54) is 56.5 Å². The molecule has 1 unspecified atom stereocenters. The summed E-state index contributed by atoms with van der Waals surface area (Å²) in [5, 5.41) is 3.43. The molecule has 1 saturated heterocycles. The molecule has 0 aromatic carbocycles. The van der Waals surface area contributed by atoms with Crippen LogP contribution in [0.1, 0.15) is 56.7 Å². The number of pyridine rings is 1. The number of hydrogen-bond acceptors (Lipinski definition) is 3. The molecule has 3 nitrogen and oxygen atoms in total. The largest absolute Gasteiger partial charge is 0.353 e. The zero-order chi connectivity index (χ0) is 14.7. The van der Waals surface area contributed by atoms with E-state index in [2.05, 4.69) is 36.2 Å². The average Bonchev–Trinajstić information content (AvgIpc) is 3.14. The topological polar surface area (TPSA) is 28.2 Å². The Morgan fingerprint density at radius 1 is 1.19 bits per heavy atom. The Kier molecular flexibility index (Phi) is 4.79. The highest BCUT2D eigenvalue weighted by molar-refractivity contribution is 5.45. The van der Waals surface area contributed by atoms with E-state index in [-0.39, 0.29) is 0 Å². The van der Waals surface area contributed by atoms with Crippen molar-refractivity contribution in [3.8, 4) is 0 Å². The van der Waals surface area contributed by atoms with Gasteiger partial charge in [0.1, 0.15) is 5.82 Å². The third kappa shape index (κ3) is 3.39. The van der Waals surface area contributed by atoms with Gasteiger partial charge in [0.25, 0.3) is 0 Å². The van der Waals surface area contributed by atoms with Gasteiger partial charge in [0.15, 0.2) is 0 Å². The zero-order valence-electron chi connectivity index (χ0n) is 13.6. The first-order valence-electron chi connectivity index (χ1n) is 8.73. The maximum Gasteiger partial charge on any atom is 0.129 e. The predicted octanol–water partition coefficient (Wildman–Crippen LogP) is 3.66. The van der Waals surface area contributed by atoms with Crippen molar-refractivity contribution in [3.05, 3.63) is 23.4 Å². The number of rotatable bonds is 5. The van der Waals surface area contributed by atoms with Gasteiger partial charge in [-0.1, -0.05) is 19.8 Å². The summed E-state index contributed by atoms with van der Waals surface area (Å²) in [6.45, 7) is 7.45. The molecule has 3 heteroatoms. The van der Waals surface area contributed by atoms with Crippen LogP contribution < -0.4 is 10.2 Å². The molecule has 116 valence electrons. The molecule has 1 aromatic heterocycles. The first-order chi connectivity index (χ1) is 10.3. The molecule has 1 aliphatic carbocycles. The van der Waals surface area contributed by atoms with Crippen LogP contribution in [0.15, 0.2) is 12.1 Å². The fourth-order valence-corrected chi connectivity index (χ4v) is 4.15. The maximum atomic E-state index is 4.84. The van der Waals surface area contributed by atoms with E-state index in [4.69, 9.17) is 4.98 Å². The predicted molar refractivity (Wildman–Crippen MR) is 88.7 cm³/mol. The second-order valence-corrected chi connectivity index (χ2v) is 6.70.